The molecule has 0 radical (unpaired) electrons. The van der Waals surface area contributed by atoms with Crippen molar-refractivity contribution in [1.82, 2.24) is 19.6 Å². The summed E-state index contributed by atoms with van der Waals surface area (Å²) in [6.07, 6.45) is 6.45. The third-order valence-corrected chi connectivity index (χ3v) is 3.79. The van der Waals surface area contributed by atoms with Gasteiger partial charge in [0.05, 0.1) is 12.2 Å². The van der Waals surface area contributed by atoms with Crippen molar-refractivity contribution in [3.63, 3.8) is 0 Å². The minimum atomic E-state index is 0.198. The second-order valence-corrected chi connectivity index (χ2v) is 5.71. The van der Waals surface area contributed by atoms with Crippen LogP contribution >= 0.6 is 0 Å². The Bertz CT molecular complexity index is 748. The van der Waals surface area contributed by atoms with E-state index in [4.69, 9.17) is 0 Å². The van der Waals surface area contributed by atoms with Crippen molar-refractivity contribution in [3.05, 3.63) is 54.1 Å². The maximum Gasteiger partial charge on any atom is 0.157 e. The first-order chi connectivity index (χ1) is 10.7. The van der Waals surface area contributed by atoms with Crippen molar-refractivity contribution in [2.24, 2.45) is 0 Å². The van der Waals surface area contributed by atoms with Crippen molar-refractivity contribution >= 4 is 11.5 Å². The van der Waals surface area contributed by atoms with E-state index in [0.717, 1.165) is 23.6 Å². The van der Waals surface area contributed by atoms with Crippen LogP contribution in [0.25, 0.3) is 5.65 Å². The molecule has 5 nitrogen and oxygen atoms in total. The predicted octanol–water partition coefficient (Wildman–Crippen LogP) is 3.81. The summed E-state index contributed by atoms with van der Waals surface area (Å²) in [5.74, 6) is 1.34. The summed E-state index contributed by atoms with van der Waals surface area (Å²) in [7, 11) is 0. The van der Waals surface area contributed by atoms with Gasteiger partial charge in [0.15, 0.2) is 5.65 Å². The molecule has 0 saturated carbocycles. The average molecular weight is 295 g/mol. The van der Waals surface area contributed by atoms with Crippen molar-refractivity contribution < 1.29 is 0 Å². The Hall–Kier alpha value is -2.43. The highest BCUT2D eigenvalue weighted by Gasteiger charge is 2.14. The Kier molecular flexibility index (Phi) is 4.04. The fourth-order valence-corrected chi connectivity index (χ4v) is 2.51. The van der Waals surface area contributed by atoms with E-state index >= 15 is 0 Å². The Balaban J connectivity index is 2.00. The molecule has 0 bridgehead atoms. The molecule has 0 spiro atoms. The summed E-state index contributed by atoms with van der Waals surface area (Å²) in [6, 6.07) is 8.28. The van der Waals surface area contributed by atoms with Crippen LogP contribution in [0.3, 0.4) is 0 Å². The fraction of sp³-hybridized carbons (Fsp3) is 0.353. The van der Waals surface area contributed by atoms with Crippen molar-refractivity contribution in [2.45, 2.75) is 39.2 Å². The highest BCUT2D eigenvalue weighted by atomic mass is 15.3. The number of nitrogens with one attached hydrogen (secondary N) is 1. The molecule has 0 unspecified atom stereocenters. The minimum absolute atomic E-state index is 0.198. The molecule has 0 fully saturated rings. The average Bonchev–Trinajstić information content (AvgIpc) is 3.01. The summed E-state index contributed by atoms with van der Waals surface area (Å²) in [6.45, 7) is 6.46. The molecule has 3 aromatic heterocycles. The molecule has 0 aliphatic carbocycles. The van der Waals surface area contributed by atoms with Crippen LogP contribution in [0.5, 0.6) is 0 Å². The molecule has 0 aromatic carbocycles. The van der Waals surface area contributed by atoms with E-state index in [9.17, 15) is 0 Å². The minimum Gasteiger partial charge on any atom is -0.363 e. The maximum absolute atomic E-state index is 4.65. The van der Waals surface area contributed by atoms with Gasteiger partial charge in [-0.25, -0.2) is 4.98 Å². The molecule has 0 amide bonds. The van der Waals surface area contributed by atoms with Gasteiger partial charge in [-0.1, -0.05) is 26.8 Å². The van der Waals surface area contributed by atoms with Gasteiger partial charge in [0.25, 0.3) is 0 Å². The van der Waals surface area contributed by atoms with Gasteiger partial charge in [-0.2, -0.15) is 9.61 Å². The highest BCUT2D eigenvalue weighted by molar-refractivity contribution is 5.50. The highest BCUT2D eigenvalue weighted by Crippen LogP contribution is 2.24. The van der Waals surface area contributed by atoms with Gasteiger partial charge in [0.1, 0.15) is 5.82 Å². The second-order valence-electron chi connectivity index (χ2n) is 5.71. The van der Waals surface area contributed by atoms with E-state index in [2.05, 4.69) is 53.3 Å². The number of rotatable bonds is 5. The lowest BCUT2D eigenvalue weighted by Gasteiger charge is -2.20. The van der Waals surface area contributed by atoms with Crippen LogP contribution < -0.4 is 5.32 Å². The summed E-state index contributed by atoms with van der Waals surface area (Å²) < 4.78 is 1.85. The lowest BCUT2D eigenvalue weighted by Crippen LogP contribution is -2.14. The Labute approximate surface area is 130 Å². The Morgan fingerprint density at radius 1 is 1.23 bits per heavy atom. The number of hydrogen-bond donors (Lipinski definition) is 1. The molecule has 0 aliphatic rings. The Morgan fingerprint density at radius 3 is 2.77 bits per heavy atom. The molecule has 1 atom stereocenters. The number of nitrogens with zero attached hydrogens (tertiary/aromatic N) is 4. The zero-order valence-corrected chi connectivity index (χ0v) is 13.2. The maximum atomic E-state index is 4.65. The molecular formula is C17H21N5. The molecule has 0 saturated heterocycles. The van der Waals surface area contributed by atoms with Crippen LogP contribution in [-0.2, 0) is 0 Å². The zero-order valence-electron chi connectivity index (χ0n) is 13.2. The molecule has 3 aromatic rings. The Morgan fingerprint density at radius 2 is 2.09 bits per heavy atom. The van der Waals surface area contributed by atoms with Gasteiger partial charge in [0, 0.05) is 30.2 Å². The van der Waals surface area contributed by atoms with Crippen LogP contribution in [0.1, 0.15) is 50.4 Å². The summed E-state index contributed by atoms with van der Waals surface area (Å²) in [5.41, 5.74) is 3.11. The number of anilines is 1. The third-order valence-electron chi connectivity index (χ3n) is 3.79. The standard InChI is InChI=1S/C17H21N5/c1-4-14(13-6-5-8-18-11-13)20-17-10-15(12(2)3)21-16-7-9-19-22(16)17/h5-12,14,20H,4H2,1-3H3/t14-/m0/s1. The normalized spacial score (nSPS) is 12.7. The summed E-state index contributed by atoms with van der Waals surface area (Å²) in [5, 5.41) is 7.97. The van der Waals surface area contributed by atoms with Crippen LogP contribution in [0, 0.1) is 0 Å². The van der Waals surface area contributed by atoms with Gasteiger partial charge >= 0.3 is 0 Å². The van der Waals surface area contributed by atoms with E-state index in [1.54, 1.807) is 12.4 Å². The van der Waals surface area contributed by atoms with Crippen LogP contribution in [0.4, 0.5) is 5.82 Å². The van der Waals surface area contributed by atoms with E-state index < -0.39 is 0 Å². The number of fused-ring (bicyclic) bond motifs is 1. The van der Waals surface area contributed by atoms with Gasteiger partial charge in [0.2, 0.25) is 0 Å². The molecule has 1 N–H and O–H groups in total. The van der Waals surface area contributed by atoms with E-state index in [1.807, 2.05) is 22.8 Å². The molecule has 22 heavy (non-hydrogen) atoms. The van der Waals surface area contributed by atoms with Crippen LogP contribution in [-0.4, -0.2) is 19.6 Å². The summed E-state index contributed by atoms with van der Waals surface area (Å²) in [4.78, 5) is 8.87. The first-order valence-corrected chi connectivity index (χ1v) is 7.70. The monoisotopic (exact) mass is 295 g/mol. The van der Waals surface area contributed by atoms with Gasteiger partial charge < -0.3 is 5.32 Å². The first kappa shape index (κ1) is 14.5. The summed E-state index contributed by atoms with van der Waals surface area (Å²) >= 11 is 0. The third kappa shape index (κ3) is 2.79. The first-order valence-electron chi connectivity index (χ1n) is 7.70. The van der Waals surface area contributed by atoms with E-state index in [-0.39, 0.29) is 6.04 Å². The molecular weight excluding hydrogens is 274 g/mol. The number of pyridine rings is 1. The van der Waals surface area contributed by atoms with Crippen molar-refractivity contribution in [2.75, 3.05) is 5.32 Å². The van der Waals surface area contributed by atoms with Crippen LogP contribution in [0.15, 0.2) is 42.9 Å². The van der Waals surface area contributed by atoms with Gasteiger partial charge in [-0.05, 0) is 24.0 Å². The van der Waals surface area contributed by atoms with Crippen molar-refractivity contribution in [3.8, 4) is 0 Å². The second kappa shape index (κ2) is 6.13. The molecule has 114 valence electrons. The smallest absolute Gasteiger partial charge is 0.157 e. The lowest BCUT2D eigenvalue weighted by atomic mass is 10.1. The SMILES string of the molecule is CC[C@H](Nc1cc(C(C)C)nc2ccnn12)c1cccnc1. The zero-order chi connectivity index (χ0) is 15.5. The topological polar surface area (TPSA) is 55.1 Å². The lowest BCUT2D eigenvalue weighted by molar-refractivity contribution is 0.726. The van der Waals surface area contributed by atoms with Crippen LogP contribution in [0.2, 0.25) is 0 Å². The number of aromatic nitrogens is 4. The molecule has 3 rings (SSSR count). The van der Waals surface area contributed by atoms with E-state index in [0.29, 0.717) is 5.92 Å². The van der Waals surface area contributed by atoms with E-state index in [1.165, 1.54) is 5.56 Å². The van der Waals surface area contributed by atoms with Crippen molar-refractivity contribution in [1.29, 1.82) is 0 Å². The molecule has 3 heterocycles. The largest absolute Gasteiger partial charge is 0.363 e. The van der Waals surface area contributed by atoms with Gasteiger partial charge in [-0.15, -0.1) is 0 Å². The van der Waals surface area contributed by atoms with Gasteiger partial charge in [-0.3, -0.25) is 4.98 Å². The molecule has 5 heteroatoms. The quantitative estimate of drug-likeness (QED) is 0.777. The fourth-order valence-electron chi connectivity index (χ4n) is 2.51. The number of hydrogen-bond acceptors (Lipinski definition) is 4. The predicted molar refractivity (Wildman–Crippen MR) is 88.0 cm³/mol. The molecule has 0 aliphatic heterocycles.